The van der Waals surface area contributed by atoms with Crippen molar-refractivity contribution in [2.75, 3.05) is 5.32 Å². The molecule has 0 aliphatic heterocycles. The number of aliphatic hydroxyl groups excluding tert-OH is 1. The van der Waals surface area contributed by atoms with Gasteiger partial charge in [-0.15, -0.1) is 0 Å². The lowest BCUT2D eigenvalue weighted by Gasteiger charge is -2.26. The van der Waals surface area contributed by atoms with Gasteiger partial charge < -0.3 is 20.5 Å². The van der Waals surface area contributed by atoms with E-state index in [-0.39, 0.29) is 42.6 Å². The van der Waals surface area contributed by atoms with Crippen LogP contribution in [0.2, 0.25) is 0 Å². The average molecular weight is 442 g/mol. The highest BCUT2D eigenvalue weighted by molar-refractivity contribution is 5.91. The zero-order valence-electron chi connectivity index (χ0n) is 18.3. The first-order valence-electron chi connectivity index (χ1n) is 11.4. The summed E-state index contributed by atoms with van der Waals surface area (Å²) in [4.78, 5) is 28.7. The van der Waals surface area contributed by atoms with Crippen molar-refractivity contribution in [3.63, 3.8) is 0 Å². The first-order chi connectivity index (χ1) is 15.4. The molecule has 0 aromatic carbocycles. The molecule has 0 bridgehead atoms. The Morgan fingerprint density at radius 3 is 2.75 bits per heavy atom. The van der Waals surface area contributed by atoms with E-state index in [1.54, 1.807) is 6.20 Å². The molecule has 4 N–H and O–H groups in total. The highest BCUT2D eigenvalue weighted by Crippen LogP contribution is 2.36. The minimum absolute atomic E-state index is 0.0811. The topological polar surface area (TPSA) is 129 Å². The molecule has 172 valence electrons. The maximum Gasteiger partial charge on any atom is 0.407 e. The van der Waals surface area contributed by atoms with Gasteiger partial charge in [0.05, 0.1) is 12.5 Å². The number of pyridine rings is 1. The number of hydrogen-bond acceptors (Lipinski definition) is 6. The summed E-state index contributed by atoms with van der Waals surface area (Å²) in [5.74, 6) is 0.553. The molecule has 2 aromatic rings. The number of carbonyl (C=O) groups excluding carboxylic acids is 2. The van der Waals surface area contributed by atoms with Crippen molar-refractivity contribution in [2.45, 2.75) is 82.5 Å². The summed E-state index contributed by atoms with van der Waals surface area (Å²) in [6, 6.07) is 5.71. The SMILES string of the molecule is Cc1ccc(CC(=O)Nc2cc([C@@H]3CC[C@H](OC(=O)N[C@H]4CC[C@H](O)CC4)C3)[nH]n2)cn1. The molecular formula is C23H31N5O4. The zero-order valence-corrected chi connectivity index (χ0v) is 18.3. The lowest BCUT2D eigenvalue weighted by atomic mass is 9.93. The van der Waals surface area contributed by atoms with E-state index < -0.39 is 0 Å². The first-order valence-corrected chi connectivity index (χ1v) is 11.4. The molecule has 2 heterocycles. The molecule has 2 atom stereocenters. The molecule has 2 amide bonds. The van der Waals surface area contributed by atoms with E-state index in [2.05, 4.69) is 25.8 Å². The van der Waals surface area contributed by atoms with Gasteiger partial charge in [-0.1, -0.05) is 6.07 Å². The Bertz CT molecular complexity index is 921. The van der Waals surface area contributed by atoms with Crippen LogP contribution in [0.3, 0.4) is 0 Å². The molecule has 4 rings (SSSR count). The monoisotopic (exact) mass is 441 g/mol. The van der Waals surface area contributed by atoms with Gasteiger partial charge >= 0.3 is 6.09 Å². The second-order valence-corrected chi connectivity index (χ2v) is 8.93. The summed E-state index contributed by atoms with van der Waals surface area (Å²) >= 11 is 0. The van der Waals surface area contributed by atoms with Gasteiger partial charge in [0.25, 0.3) is 0 Å². The third-order valence-electron chi connectivity index (χ3n) is 6.32. The Kier molecular flexibility index (Phi) is 7.04. The number of aromatic nitrogens is 3. The number of rotatable bonds is 6. The molecule has 0 radical (unpaired) electrons. The average Bonchev–Trinajstić information content (AvgIpc) is 3.41. The molecule has 9 nitrogen and oxygen atoms in total. The number of aliphatic hydroxyl groups is 1. The van der Waals surface area contributed by atoms with Gasteiger partial charge in [0.15, 0.2) is 5.82 Å². The predicted molar refractivity (Wildman–Crippen MR) is 118 cm³/mol. The molecule has 2 aliphatic carbocycles. The third-order valence-corrected chi connectivity index (χ3v) is 6.32. The van der Waals surface area contributed by atoms with E-state index in [0.29, 0.717) is 5.82 Å². The van der Waals surface area contributed by atoms with Crippen LogP contribution in [0.5, 0.6) is 0 Å². The van der Waals surface area contributed by atoms with Gasteiger partial charge in [-0.25, -0.2) is 4.79 Å². The van der Waals surface area contributed by atoms with Crippen molar-refractivity contribution in [1.82, 2.24) is 20.5 Å². The predicted octanol–water partition coefficient (Wildman–Crippen LogP) is 2.96. The van der Waals surface area contributed by atoms with Crippen LogP contribution in [-0.4, -0.2) is 50.5 Å². The Morgan fingerprint density at radius 2 is 2.00 bits per heavy atom. The Balaban J connectivity index is 1.22. The molecule has 32 heavy (non-hydrogen) atoms. The molecule has 9 heteroatoms. The number of carbonyl (C=O) groups is 2. The highest BCUT2D eigenvalue weighted by Gasteiger charge is 2.31. The largest absolute Gasteiger partial charge is 0.446 e. The van der Waals surface area contributed by atoms with Crippen molar-refractivity contribution >= 4 is 17.8 Å². The van der Waals surface area contributed by atoms with Gasteiger partial charge in [0.1, 0.15) is 6.10 Å². The Labute approximate surface area is 187 Å². The number of hydrogen-bond donors (Lipinski definition) is 4. The Morgan fingerprint density at radius 1 is 1.19 bits per heavy atom. The fourth-order valence-electron chi connectivity index (χ4n) is 4.49. The summed E-state index contributed by atoms with van der Waals surface area (Å²) in [7, 11) is 0. The lowest BCUT2D eigenvalue weighted by Crippen LogP contribution is -2.40. The van der Waals surface area contributed by atoms with Crippen molar-refractivity contribution in [1.29, 1.82) is 0 Å². The van der Waals surface area contributed by atoms with E-state index in [1.165, 1.54) is 0 Å². The third kappa shape index (κ3) is 6.06. The molecule has 2 aliphatic rings. The number of anilines is 1. The van der Waals surface area contributed by atoms with E-state index in [9.17, 15) is 14.7 Å². The highest BCUT2D eigenvalue weighted by atomic mass is 16.6. The normalized spacial score (nSPS) is 25.3. The number of alkyl carbamates (subject to hydrolysis) is 1. The van der Waals surface area contributed by atoms with E-state index >= 15 is 0 Å². The molecule has 0 unspecified atom stereocenters. The van der Waals surface area contributed by atoms with E-state index in [1.807, 2.05) is 25.1 Å². The summed E-state index contributed by atoms with van der Waals surface area (Å²) < 4.78 is 5.62. The van der Waals surface area contributed by atoms with Crippen LogP contribution in [0, 0.1) is 6.92 Å². The van der Waals surface area contributed by atoms with Crippen LogP contribution in [0.1, 0.15) is 67.8 Å². The smallest absolute Gasteiger partial charge is 0.407 e. The molecule has 2 aromatic heterocycles. The van der Waals surface area contributed by atoms with Gasteiger partial charge in [0.2, 0.25) is 5.91 Å². The van der Waals surface area contributed by atoms with Gasteiger partial charge in [-0.2, -0.15) is 5.10 Å². The summed E-state index contributed by atoms with van der Waals surface area (Å²) in [6.07, 6.45) is 6.60. The van der Waals surface area contributed by atoms with E-state index in [4.69, 9.17) is 4.74 Å². The van der Waals surface area contributed by atoms with Gasteiger partial charge in [-0.3, -0.25) is 14.9 Å². The second kappa shape index (κ2) is 10.1. The standard InChI is InChI=1S/C23H31N5O4/c1-14-2-3-15(13-24-14)10-22(30)26-21-12-20(27-28-21)16-4-9-19(11-16)32-23(31)25-17-5-7-18(29)8-6-17/h2-3,12-13,16-19,29H,4-11H2,1H3,(H,25,31)(H2,26,27,28,30)/t16-,17-,18-,19+/m1/s1. The zero-order chi connectivity index (χ0) is 22.5. The maximum absolute atomic E-state index is 12.3. The maximum atomic E-state index is 12.3. The number of H-pyrrole nitrogens is 1. The van der Waals surface area contributed by atoms with Crippen molar-refractivity contribution in [3.8, 4) is 0 Å². The number of nitrogens with one attached hydrogen (secondary N) is 3. The fraction of sp³-hybridized carbons (Fsp3) is 0.565. The summed E-state index contributed by atoms with van der Waals surface area (Å²) in [6.45, 7) is 1.91. The fourth-order valence-corrected chi connectivity index (χ4v) is 4.49. The van der Waals surface area contributed by atoms with Crippen molar-refractivity contribution in [2.24, 2.45) is 0 Å². The number of amides is 2. The quantitative estimate of drug-likeness (QED) is 0.545. The van der Waals surface area contributed by atoms with Crippen LogP contribution in [0.25, 0.3) is 0 Å². The van der Waals surface area contributed by atoms with Crippen LogP contribution < -0.4 is 10.6 Å². The summed E-state index contributed by atoms with van der Waals surface area (Å²) in [5.41, 5.74) is 2.70. The van der Waals surface area contributed by atoms with Gasteiger partial charge in [0, 0.05) is 35.6 Å². The minimum Gasteiger partial charge on any atom is -0.446 e. The number of aryl methyl sites for hydroxylation is 1. The molecule has 2 fully saturated rings. The van der Waals surface area contributed by atoms with Crippen LogP contribution >= 0.6 is 0 Å². The Hall–Kier alpha value is -2.94. The van der Waals surface area contributed by atoms with E-state index in [0.717, 1.165) is 61.9 Å². The van der Waals surface area contributed by atoms with Crippen LogP contribution in [0.15, 0.2) is 24.4 Å². The van der Waals surface area contributed by atoms with Gasteiger partial charge in [-0.05, 0) is 63.5 Å². The number of ether oxygens (including phenoxy) is 1. The van der Waals surface area contributed by atoms with Crippen LogP contribution in [0.4, 0.5) is 10.6 Å². The van der Waals surface area contributed by atoms with Crippen molar-refractivity contribution < 1.29 is 19.4 Å². The number of aromatic amines is 1. The summed E-state index contributed by atoms with van der Waals surface area (Å²) in [5, 5.41) is 22.5. The number of nitrogens with zero attached hydrogens (tertiary/aromatic N) is 2. The minimum atomic E-state index is -0.375. The molecular weight excluding hydrogens is 410 g/mol. The molecule has 2 saturated carbocycles. The second-order valence-electron chi connectivity index (χ2n) is 8.93. The first kappa shape index (κ1) is 22.3. The van der Waals surface area contributed by atoms with Crippen LogP contribution in [-0.2, 0) is 16.0 Å². The lowest BCUT2D eigenvalue weighted by molar-refractivity contribution is -0.115. The molecule has 0 spiro atoms. The van der Waals surface area contributed by atoms with Crippen molar-refractivity contribution in [3.05, 3.63) is 41.3 Å². The molecule has 0 saturated heterocycles.